The average molecular weight is 374 g/mol. The quantitative estimate of drug-likeness (QED) is 0.619. The van der Waals surface area contributed by atoms with E-state index in [1.807, 2.05) is 4.68 Å². The summed E-state index contributed by atoms with van der Waals surface area (Å²) in [6, 6.07) is 5.07. The molecule has 1 aromatic carbocycles. The Hall–Kier alpha value is -2.08. The molecule has 0 amide bonds. The molecule has 1 aliphatic rings. The van der Waals surface area contributed by atoms with Crippen molar-refractivity contribution in [2.45, 2.75) is 64.3 Å². The summed E-state index contributed by atoms with van der Waals surface area (Å²) in [5, 5.41) is 25.9. The first-order chi connectivity index (χ1) is 12.3. The first-order valence-corrected chi connectivity index (χ1v) is 10.0. The summed E-state index contributed by atoms with van der Waals surface area (Å²) in [5.41, 5.74) is 1.78. The molecule has 1 aliphatic carbocycles. The molecule has 0 spiro atoms. The van der Waals surface area contributed by atoms with E-state index in [0.717, 1.165) is 28.9 Å². The molecule has 1 fully saturated rings. The third-order valence-corrected chi connectivity index (χ3v) is 5.47. The van der Waals surface area contributed by atoms with Gasteiger partial charge in [0.2, 0.25) is 4.80 Å². The highest BCUT2D eigenvalue weighted by Gasteiger charge is 2.21. The van der Waals surface area contributed by atoms with Crippen molar-refractivity contribution in [1.29, 1.82) is 0 Å². The molecule has 5 nitrogen and oxygen atoms in total. The summed E-state index contributed by atoms with van der Waals surface area (Å²) in [4.78, 5) is 5.89. The van der Waals surface area contributed by atoms with E-state index in [1.165, 1.54) is 31.4 Å². The summed E-state index contributed by atoms with van der Waals surface area (Å²) < 4.78 is 1.92. The van der Waals surface area contributed by atoms with Crippen LogP contribution < -0.4 is 4.80 Å². The zero-order valence-electron chi connectivity index (χ0n) is 15.6. The van der Waals surface area contributed by atoms with Crippen LogP contribution in [0.15, 0.2) is 33.7 Å². The Kier molecular flexibility index (Phi) is 5.51. The van der Waals surface area contributed by atoms with Gasteiger partial charge >= 0.3 is 0 Å². The van der Waals surface area contributed by atoms with E-state index in [2.05, 4.69) is 31.3 Å². The standard InChI is InChI=1S/C20H27N3O2S/c1-20(2,3)18-13-26-19(22-15-7-5-4-6-8-15)23(18)21-12-14-9-10-16(24)17(25)11-14/h9-13,15,24-25H,4-8H2,1-3H3/b21-12+,22-19?. The van der Waals surface area contributed by atoms with Crippen molar-refractivity contribution < 1.29 is 10.2 Å². The van der Waals surface area contributed by atoms with Gasteiger partial charge in [0.25, 0.3) is 0 Å². The van der Waals surface area contributed by atoms with Gasteiger partial charge in [-0.3, -0.25) is 4.99 Å². The Labute approximate surface area is 158 Å². The zero-order chi connectivity index (χ0) is 18.7. The fourth-order valence-corrected chi connectivity index (χ4v) is 4.24. The minimum Gasteiger partial charge on any atom is -0.504 e. The maximum Gasteiger partial charge on any atom is 0.206 e. The predicted molar refractivity (Wildman–Crippen MR) is 106 cm³/mol. The molecule has 0 atom stereocenters. The van der Waals surface area contributed by atoms with Gasteiger partial charge in [-0.25, -0.2) is 4.68 Å². The number of rotatable bonds is 3. The average Bonchev–Trinajstić information content (AvgIpc) is 3.00. The maximum atomic E-state index is 9.68. The number of thiazole rings is 1. The third-order valence-electron chi connectivity index (χ3n) is 4.64. The van der Waals surface area contributed by atoms with Crippen molar-refractivity contribution in [2.24, 2.45) is 10.1 Å². The normalized spacial score (nSPS) is 17.3. The molecule has 6 heteroatoms. The SMILES string of the molecule is CC(C)(C)c1csc(=NC2CCCCC2)n1/N=C/c1ccc(O)c(O)c1. The second-order valence-corrected chi connectivity index (χ2v) is 8.72. The second-order valence-electron chi connectivity index (χ2n) is 7.88. The molecular weight excluding hydrogens is 346 g/mol. The Morgan fingerprint density at radius 2 is 1.85 bits per heavy atom. The molecule has 0 saturated heterocycles. The number of phenols is 2. The molecule has 2 N–H and O–H groups in total. The molecule has 0 unspecified atom stereocenters. The Morgan fingerprint density at radius 1 is 1.12 bits per heavy atom. The van der Waals surface area contributed by atoms with Crippen LogP contribution in [0.4, 0.5) is 0 Å². The molecule has 0 bridgehead atoms. The minimum absolute atomic E-state index is 0.0503. The van der Waals surface area contributed by atoms with Gasteiger partial charge in [0.15, 0.2) is 11.5 Å². The Bertz CT molecular complexity index is 853. The molecule has 26 heavy (non-hydrogen) atoms. The van der Waals surface area contributed by atoms with E-state index in [-0.39, 0.29) is 16.9 Å². The highest BCUT2D eigenvalue weighted by atomic mass is 32.1. The summed E-state index contributed by atoms with van der Waals surface area (Å²) in [5.74, 6) is -0.277. The van der Waals surface area contributed by atoms with E-state index >= 15 is 0 Å². The van der Waals surface area contributed by atoms with E-state index in [1.54, 1.807) is 23.6 Å². The van der Waals surface area contributed by atoms with E-state index in [9.17, 15) is 10.2 Å². The molecule has 1 aromatic heterocycles. The van der Waals surface area contributed by atoms with Crippen molar-refractivity contribution in [2.75, 3.05) is 0 Å². The zero-order valence-corrected chi connectivity index (χ0v) is 16.5. The lowest BCUT2D eigenvalue weighted by Crippen LogP contribution is -2.24. The lowest BCUT2D eigenvalue weighted by atomic mass is 9.93. The smallest absolute Gasteiger partial charge is 0.206 e. The Morgan fingerprint density at radius 3 is 2.50 bits per heavy atom. The molecule has 3 rings (SSSR count). The number of aromatic hydroxyl groups is 2. The van der Waals surface area contributed by atoms with Gasteiger partial charge in [-0.1, -0.05) is 40.0 Å². The van der Waals surface area contributed by atoms with E-state index < -0.39 is 0 Å². The van der Waals surface area contributed by atoms with Crippen LogP contribution in [-0.2, 0) is 5.41 Å². The van der Waals surface area contributed by atoms with Gasteiger partial charge in [-0.15, -0.1) is 11.3 Å². The molecule has 2 aromatic rings. The van der Waals surface area contributed by atoms with Crippen LogP contribution in [-0.4, -0.2) is 27.1 Å². The lowest BCUT2D eigenvalue weighted by Gasteiger charge is -2.19. The highest BCUT2D eigenvalue weighted by Crippen LogP contribution is 2.25. The molecule has 0 aliphatic heterocycles. The maximum absolute atomic E-state index is 9.68. The van der Waals surface area contributed by atoms with Crippen LogP contribution >= 0.6 is 11.3 Å². The topological polar surface area (TPSA) is 70.1 Å². The van der Waals surface area contributed by atoms with Gasteiger partial charge in [0.1, 0.15) is 0 Å². The molecule has 1 saturated carbocycles. The molecule has 1 heterocycles. The fourth-order valence-electron chi connectivity index (χ4n) is 3.11. The number of benzene rings is 1. The summed E-state index contributed by atoms with van der Waals surface area (Å²) in [7, 11) is 0. The lowest BCUT2D eigenvalue weighted by molar-refractivity contribution is 0.403. The molecule has 0 radical (unpaired) electrons. The van der Waals surface area contributed by atoms with Crippen molar-refractivity contribution in [3.05, 3.63) is 39.6 Å². The second kappa shape index (κ2) is 7.66. The van der Waals surface area contributed by atoms with Crippen LogP contribution in [0, 0.1) is 0 Å². The number of nitrogens with zero attached hydrogens (tertiary/aromatic N) is 3. The van der Waals surface area contributed by atoms with Crippen molar-refractivity contribution in [3.63, 3.8) is 0 Å². The van der Waals surface area contributed by atoms with Gasteiger partial charge in [-0.2, -0.15) is 5.10 Å². The Balaban J connectivity index is 1.99. The van der Waals surface area contributed by atoms with Crippen molar-refractivity contribution >= 4 is 17.6 Å². The van der Waals surface area contributed by atoms with Crippen LogP contribution in [0.1, 0.15) is 64.1 Å². The predicted octanol–water partition coefficient (Wildman–Crippen LogP) is 4.37. The number of phenolic OH excluding ortho intramolecular Hbond substituents is 2. The van der Waals surface area contributed by atoms with E-state index in [4.69, 9.17) is 4.99 Å². The third kappa shape index (κ3) is 4.36. The van der Waals surface area contributed by atoms with Gasteiger partial charge in [0.05, 0.1) is 18.0 Å². The number of aromatic nitrogens is 1. The number of hydrogen-bond donors (Lipinski definition) is 2. The van der Waals surface area contributed by atoms with Crippen molar-refractivity contribution in [3.8, 4) is 11.5 Å². The van der Waals surface area contributed by atoms with Gasteiger partial charge in [0, 0.05) is 10.8 Å². The van der Waals surface area contributed by atoms with Crippen LogP contribution in [0.3, 0.4) is 0 Å². The van der Waals surface area contributed by atoms with Crippen LogP contribution in [0.5, 0.6) is 11.5 Å². The van der Waals surface area contributed by atoms with Gasteiger partial charge < -0.3 is 10.2 Å². The number of hydrogen-bond acceptors (Lipinski definition) is 5. The van der Waals surface area contributed by atoms with E-state index in [0.29, 0.717) is 6.04 Å². The van der Waals surface area contributed by atoms with Gasteiger partial charge in [-0.05, 0) is 36.6 Å². The molecule has 140 valence electrons. The first-order valence-electron chi connectivity index (χ1n) is 9.16. The van der Waals surface area contributed by atoms with Crippen LogP contribution in [0.2, 0.25) is 0 Å². The summed E-state index contributed by atoms with van der Waals surface area (Å²) >= 11 is 1.63. The highest BCUT2D eigenvalue weighted by molar-refractivity contribution is 7.07. The fraction of sp³-hybridized carbons (Fsp3) is 0.500. The minimum atomic E-state index is -0.146. The monoisotopic (exact) mass is 373 g/mol. The first kappa shape index (κ1) is 18.7. The summed E-state index contributed by atoms with van der Waals surface area (Å²) in [6.45, 7) is 6.49. The largest absolute Gasteiger partial charge is 0.504 e. The van der Waals surface area contributed by atoms with Crippen LogP contribution in [0.25, 0.3) is 0 Å². The summed E-state index contributed by atoms with van der Waals surface area (Å²) in [6.07, 6.45) is 7.81. The van der Waals surface area contributed by atoms with Crippen molar-refractivity contribution in [1.82, 2.24) is 4.68 Å². The molecular formula is C20H27N3O2S.